The van der Waals surface area contributed by atoms with E-state index in [4.69, 9.17) is 9.47 Å². The Kier molecular flexibility index (Phi) is 4.17. The first-order valence-electron chi connectivity index (χ1n) is 7.00. The van der Waals surface area contributed by atoms with Crippen molar-refractivity contribution in [2.24, 2.45) is 0 Å². The summed E-state index contributed by atoms with van der Waals surface area (Å²) in [7, 11) is 0. The highest BCUT2D eigenvalue weighted by atomic mass is 19.4. The smallest absolute Gasteiger partial charge is 0.388 e. The molecule has 23 heavy (non-hydrogen) atoms. The monoisotopic (exact) mass is 332 g/mol. The highest BCUT2D eigenvalue weighted by Crippen LogP contribution is 2.31. The van der Waals surface area contributed by atoms with E-state index in [0.717, 1.165) is 12.1 Å². The Labute approximate surface area is 129 Å². The number of rotatable bonds is 2. The fourth-order valence-corrected chi connectivity index (χ4v) is 2.71. The number of hydrogen-bond donors (Lipinski definition) is 3. The fourth-order valence-electron chi connectivity index (χ4n) is 2.71. The van der Waals surface area contributed by atoms with Crippen LogP contribution in [0.5, 0.6) is 0 Å². The van der Waals surface area contributed by atoms with Gasteiger partial charge in [-0.15, -0.1) is 0 Å². The van der Waals surface area contributed by atoms with Crippen LogP contribution in [0, 0.1) is 0 Å². The molecule has 2 saturated heterocycles. The number of aliphatic hydroxyl groups is 1. The molecule has 2 aliphatic rings. The molecule has 0 bridgehead atoms. The lowest BCUT2D eigenvalue weighted by atomic mass is 10.1. The molecular formula is C14H15F3N2O4. The average Bonchev–Trinajstić information content (AvgIpc) is 3.03. The Hall–Kier alpha value is -1.84. The summed E-state index contributed by atoms with van der Waals surface area (Å²) in [5, 5.41) is 14.5. The van der Waals surface area contributed by atoms with Crippen LogP contribution in [0.1, 0.15) is 5.56 Å². The van der Waals surface area contributed by atoms with Crippen molar-refractivity contribution in [3.63, 3.8) is 0 Å². The minimum Gasteiger partial charge on any atom is -0.388 e. The standard InChI is InChI=1S/C14H15F3N2O4/c15-14(16,17)7-2-1-3-8(4-7)18-13(21)19-9-5-22-12-10(20)6-23-11(9)12/h1-4,9-12,20H,5-6H2,(H2,18,19,21). The van der Waals surface area contributed by atoms with E-state index in [-0.39, 0.29) is 18.9 Å². The average molecular weight is 332 g/mol. The Morgan fingerprint density at radius 2 is 1.96 bits per heavy atom. The first kappa shape index (κ1) is 16.0. The molecule has 2 amide bonds. The number of hydrogen-bond acceptors (Lipinski definition) is 4. The SMILES string of the molecule is O=C(Nc1cccc(C(F)(F)F)c1)NC1COC2C(O)COC12. The Morgan fingerprint density at radius 1 is 1.22 bits per heavy atom. The molecule has 2 fully saturated rings. The summed E-state index contributed by atoms with van der Waals surface area (Å²) in [5.41, 5.74) is -0.818. The number of fused-ring (bicyclic) bond motifs is 1. The number of carbonyl (C=O) groups is 1. The summed E-state index contributed by atoms with van der Waals surface area (Å²) in [6, 6.07) is 3.21. The third-order valence-corrected chi connectivity index (χ3v) is 3.79. The van der Waals surface area contributed by atoms with Crippen molar-refractivity contribution in [2.75, 3.05) is 18.5 Å². The number of aliphatic hydroxyl groups excluding tert-OH is 1. The number of halogens is 3. The molecule has 0 radical (unpaired) electrons. The molecule has 3 N–H and O–H groups in total. The first-order valence-corrected chi connectivity index (χ1v) is 7.00. The van der Waals surface area contributed by atoms with Crippen LogP contribution < -0.4 is 10.6 Å². The molecule has 0 saturated carbocycles. The Morgan fingerprint density at radius 3 is 2.70 bits per heavy atom. The Balaban J connectivity index is 1.60. The number of ether oxygens (including phenoxy) is 2. The van der Waals surface area contributed by atoms with Crippen LogP contribution in [0.2, 0.25) is 0 Å². The zero-order valence-electron chi connectivity index (χ0n) is 11.8. The van der Waals surface area contributed by atoms with Crippen molar-refractivity contribution < 1.29 is 32.5 Å². The van der Waals surface area contributed by atoms with E-state index in [1.54, 1.807) is 0 Å². The van der Waals surface area contributed by atoms with Gasteiger partial charge in [0, 0.05) is 5.69 Å². The molecule has 0 aromatic heterocycles. The summed E-state index contributed by atoms with van der Waals surface area (Å²) in [4.78, 5) is 11.9. The van der Waals surface area contributed by atoms with Gasteiger partial charge in [0.15, 0.2) is 0 Å². The molecule has 1 aromatic carbocycles. The number of amides is 2. The first-order chi connectivity index (χ1) is 10.8. The van der Waals surface area contributed by atoms with Crippen molar-refractivity contribution in [1.29, 1.82) is 0 Å². The van der Waals surface area contributed by atoms with Crippen molar-refractivity contribution in [1.82, 2.24) is 5.32 Å². The van der Waals surface area contributed by atoms with Crippen LogP contribution in [-0.2, 0) is 15.7 Å². The summed E-state index contributed by atoms with van der Waals surface area (Å²) >= 11 is 0. The second-order valence-corrected chi connectivity index (χ2v) is 5.45. The van der Waals surface area contributed by atoms with Gasteiger partial charge >= 0.3 is 12.2 Å². The number of anilines is 1. The molecule has 0 spiro atoms. The second kappa shape index (κ2) is 5.99. The highest BCUT2D eigenvalue weighted by molar-refractivity contribution is 5.89. The molecule has 1 aromatic rings. The van der Waals surface area contributed by atoms with Crippen LogP contribution in [0.4, 0.5) is 23.7 Å². The molecule has 0 aliphatic carbocycles. The van der Waals surface area contributed by atoms with E-state index in [2.05, 4.69) is 10.6 Å². The van der Waals surface area contributed by atoms with E-state index in [9.17, 15) is 23.1 Å². The van der Waals surface area contributed by atoms with E-state index in [1.807, 2.05) is 0 Å². The second-order valence-electron chi connectivity index (χ2n) is 5.45. The Bertz CT molecular complexity index is 596. The molecule has 4 atom stereocenters. The van der Waals surface area contributed by atoms with Gasteiger partial charge < -0.3 is 25.2 Å². The van der Waals surface area contributed by atoms with Gasteiger partial charge in [-0.2, -0.15) is 13.2 Å². The van der Waals surface area contributed by atoms with Crippen molar-refractivity contribution in [3.05, 3.63) is 29.8 Å². The van der Waals surface area contributed by atoms with E-state index < -0.39 is 42.1 Å². The van der Waals surface area contributed by atoms with Gasteiger partial charge in [0.25, 0.3) is 0 Å². The number of alkyl halides is 3. The largest absolute Gasteiger partial charge is 0.416 e. The molecule has 4 unspecified atom stereocenters. The molecule has 9 heteroatoms. The lowest BCUT2D eigenvalue weighted by molar-refractivity contribution is -0.137. The summed E-state index contributed by atoms with van der Waals surface area (Å²) in [5.74, 6) is 0. The van der Waals surface area contributed by atoms with Gasteiger partial charge in [-0.05, 0) is 18.2 Å². The topological polar surface area (TPSA) is 79.8 Å². The molecule has 3 rings (SSSR count). The maximum absolute atomic E-state index is 12.6. The van der Waals surface area contributed by atoms with Crippen LogP contribution in [0.25, 0.3) is 0 Å². The van der Waals surface area contributed by atoms with E-state index in [1.165, 1.54) is 12.1 Å². The normalized spacial score (nSPS) is 30.1. The molecule has 126 valence electrons. The van der Waals surface area contributed by atoms with Crippen LogP contribution >= 0.6 is 0 Å². The minimum absolute atomic E-state index is 0.0279. The van der Waals surface area contributed by atoms with Gasteiger partial charge in [0.05, 0.1) is 24.8 Å². The lowest BCUT2D eigenvalue weighted by Gasteiger charge is -2.18. The number of carbonyl (C=O) groups excluding carboxylic acids is 1. The van der Waals surface area contributed by atoms with Crippen LogP contribution in [0.15, 0.2) is 24.3 Å². The van der Waals surface area contributed by atoms with Gasteiger partial charge in [0.1, 0.15) is 18.3 Å². The van der Waals surface area contributed by atoms with Gasteiger partial charge in [-0.3, -0.25) is 0 Å². The lowest BCUT2D eigenvalue weighted by Crippen LogP contribution is -2.46. The number of urea groups is 1. The van der Waals surface area contributed by atoms with E-state index in [0.29, 0.717) is 0 Å². The van der Waals surface area contributed by atoms with Crippen molar-refractivity contribution >= 4 is 11.7 Å². The number of nitrogens with one attached hydrogen (secondary N) is 2. The third kappa shape index (κ3) is 3.41. The summed E-state index contributed by atoms with van der Waals surface area (Å²) in [6.45, 7) is 0.297. The molecule has 6 nitrogen and oxygen atoms in total. The molecule has 2 aliphatic heterocycles. The third-order valence-electron chi connectivity index (χ3n) is 3.79. The highest BCUT2D eigenvalue weighted by Gasteiger charge is 2.47. The van der Waals surface area contributed by atoms with E-state index >= 15 is 0 Å². The minimum atomic E-state index is -4.48. The zero-order chi connectivity index (χ0) is 16.6. The predicted octanol–water partition coefficient (Wildman–Crippen LogP) is 1.35. The van der Waals surface area contributed by atoms with Gasteiger partial charge in [-0.1, -0.05) is 6.07 Å². The van der Waals surface area contributed by atoms with Crippen LogP contribution in [0.3, 0.4) is 0 Å². The molecular weight excluding hydrogens is 317 g/mol. The summed E-state index contributed by atoms with van der Waals surface area (Å²) in [6.07, 6.45) is -6.17. The van der Waals surface area contributed by atoms with Crippen molar-refractivity contribution in [3.8, 4) is 0 Å². The summed E-state index contributed by atoms with van der Waals surface area (Å²) < 4.78 is 48.6. The zero-order valence-corrected chi connectivity index (χ0v) is 11.8. The van der Waals surface area contributed by atoms with Gasteiger partial charge in [0.2, 0.25) is 0 Å². The van der Waals surface area contributed by atoms with Crippen molar-refractivity contribution in [2.45, 2.75) is 30.5 Å². The number of benzene rings is 1. The maximum atomic E-state index is 12.6. The van der Waals surface area contributed by atoms with Crippen LogP contribution in [-0.4, -0.2) is 48.7 Å². The molecule has 2 heterocycles. The maximum Gasteiger partial charge on any atom is 0.416 e. The quantitative estimate of drug-likeness (QED) is 0.764. The van der Waals surface area contributed by atoms with Gasteiger partial charge in [-0.25, -0.2) is 4.79 Å². The predicted molar refractivity (Wildman–Crippen MR) is 72.9 cm³/mol. The fraction of sp³-hybridized carbons (Fsp3) is 0.500.